The Balaban J connectivity index is 2.78. The lowest BCUT2D eigenvalue weighted by molar-refractivity contribution is 0.0755. The van der Waals surface area contributed by atoms with Crippen LogP contribution >= 0.6 is 0 Å². The smallest absolute Gasteiger partial charge is 0.255 e. The molecule has 0 fully saturated rings. The summed E-state index contributed by atoms with van der Waals surface area (Å²) in [6.07, 6.45) is 4.83. The van der Waals surface area contributed by atoms with E-state index in [0.717, 1.165) is 19.4 Å². The third-order valence-electron chi connectivity index (χ3n) is 3.37. The minimum Gasteiger partial charge on any atom is -0.351 e. The average molecular weight is 320 g/mol. The first-order valence-corrected chi connectivity index (χ1v) is 8.16. The summed E-state index contributed by atoms with van der Waals surface area (Å²) in [5.74, 6) is -0.268. The van der Waals surface area contributed by atoms with Crippen molar-refractivity contribution in [3.8, 4) is 0 Å². The van der Waals surface area contributed by atoms with Gasteiger partial charge in [0.25, 0.3) is 11.8 Å². The molecular formula is C17H28N4O2. The Labute approximate surface area is 138 Å². The van der Waals surface area contributed by atoms with Crippen molar-refractivity contribution in [3.63, 3.8) is 0 Å². The summed E-state index contributed by atoms with van der Waals surface area (Å²) in [6.45, 7) is 6.84. The lowest BCUT2D eigenvalue weighted by Gasteiger charge is -2.21. The van der Waals surface area contributed by atoms with Crippen LogP contribution in [0.5, 0.6) is 0 Å². The Hall–Kier alpha value is -1.95. The van der Waals surface area contributed by atoms with Crippen molar-refractivity contribution in [3.05, 3.63) is 29.6 Å². The number of pyridine rings is 1. The number of aromatic nitrogens is 1. The SMILES string of the molecule is CCCN(CCC)C(=O)c1cncc(C(=O)NCCN(C)C)c1. The largest absolute Gasteiger partial charge is 0.351 e. The Morgan fingerprint density at radius 2 is 1.65 bits per heavy atom. The molecule has 23 heavy (non-hydrogen) atoms. The molecule has 1 aromatic heterocycles. The van der Waals surface area contributed by atoms with Crippen molar-refractivity contribution >= 4 is 11.8 Å². The molecule has 1 rings (SSSR count). The van der Waals surface area contributed by atoms with E-state index in [0.29, 0.717) is 30.8 Å². The molecule has 0 unspecified atom stereocenters. The Kier molecular flexibility index (Phi) is 8.26. The number of hydrogen-bond donors (Lipinski definition) is 1. The van der Waals surface area contributed by atoms with E-state index in [9.17, 15) is 9.59 Å². The lowest BCUT2D eigenvalue weighted by atomic mass is 10.1. The summed E-state index contributed by atoms with van der Waals surface area (Å²) >= 11 is 0. The van der Waals surface area contributed by atoms with Crippen LogP contribution in [-0.2, 0) is 0 Å². The van der Waals surface area contributed by atoms with Gasteiger partial charge in [-0.2, -0.15) is 0 Å². The highest BCUT2D eigenvalue weighted by Gasteiger charge is 2.16. The van der Waals surface area contributed by atoms with E-state index in [1.807, 2.05) is 37.7 Å². The van der Waals surface area contributed by atoms with Crippen molar-refractivity contribution in [2.24, 2.45) is 0 Å². The molecule has 1 N–H and O–H groups in total. The maximum Gasteiger partial charge on any atom is 0.255 e. The van der Waals surface area contributed by atoms with Crippen LogP contribution in [0.3, 0.4) is 0 Å². The van der Waals surface area contributed by atoms with Gasteiger partial charge in [-0.05, 0) is 33.0 Å². The topological polar surface area (TPSA) is 65.5 Å². The third kappa shape index (κ3) is 6.36. The molecule has 1 aromatic rings. The van der Waals surface area contributed by atoms with Gasteiger partial charge in [-0.1, -0.05) is 13.8 Å². The van der Waals surface area contributed by atoms with Crippen LogP contribution in [-0.4, -0.2) is 66.9 Å². The monoisotopic (exact) mass is 320 g/mol. The second-order valence-corrected chi connectivity index (χ2v) is 5.81. The standard InChI is InChI=1S/C17H28N4O2/c1-5-8-21(9-6-2)17(23)15-11-14(12-18-13-15)16(22)19-7-10-20(3)4/h11-13H,5-10H2,1-4H3,(H,19,22). The fourth-order valence-corrected chi connectivity index (χ4v) is 2.21. The molecule has 0 spiro atoms. The number of carbonyl (C=O) groups excluding carboxylic acids is 2. The van der Waals surface area contributed by atoms with Gasteiger partial charge < -0.3 is 15.1 Å². The molecule has 1 heterocycles. The predicted molar refractivity (Wildman–Crippen MR) is 91.6 cm³/mol. The van der Waals surface area contributed by atoms with E-state index in [1.54, 1.807) is 6.07 Å². The van der Waals surface area contributed by atoms with E-state index >= 15 is 0 Å². The molecule has 0 aromatic carbocycles. The van der Waals surface area contributed by atoms with E-state index in [1.165, 1.54) is 12.4 Å². The first-order chi connectivity index (χ1) is 11.0. The van der Waals surface area contributed by atoms with Crippen LogP contribution in [0.1, 0.15) is 47.4 Å². The summed E-state index contributed by atoms with van der Waals surface area (Å²) in [5, 5.41) is 2.83. The van der Waals surface area contributed by atoms with Gasteiger partial charge >= 0.3 is 0 Å². The fourth-order valence-electron chi connectivity index (χ4n) is 2.21. The van der Waals surface area contributed by atoms with E-state index in [4.69, 9.17) is 0 Å². The first kappa shape index (κ1) is 19.1. The Bertz CT molecular complexity index is 511. The molecule has 0 aliphatic carbocycles. The highest BCUT2D eigenvalue weighted by atomic mass is 16.2. The van der Waals surface area contributed by atoms with Gasteiger partial charge in [-0.15, -0.1) is 0 Å². The van der Waals surface area contributed by atoms with E-state index in [2.05, 4.69) is 10.3 Å². The lowest BCUT2D eigenvalue weighted by Crippen LogP contribution is -2.33. The second-order valence-electron chi connectivity index (χ2n) is 5.81. The molecule has 0 saturated carbocycles. The van der Waals surface area contributed by atoms with Gasteiger partial charge in [-0.25, -0.2) is 0 Å². The van der Waals surface area contributed by atoms with Gasteiger partial charge in [0.05, 0.1) is 11.1 Å². The van der Waals surface area contributed by atoms with Crippen molar-refractivity contribution in [2.45, 2.75) is 26.7 Å². The van der Waals surface area contributed by atoms with Crippen LogP contribution in [0.4, 0.5) is 0 Å². The molecule has 0 bridgehead atoms. The zero-order valence-corrected chi connectivity index (χ0v) is 14.6. The molecule has 0 aliphatic heterocycles. The summed E-state index contributed by atoms with van der Waals surface area (Å²) in [6, 6.07) is 1.62. The maximum atomic E-state index is 12.6. The zero-order valence-electron chi connectivity index (χ0n) is 14.6. The first-order valence-electron chi connectivity index (χ1n) is 8.16. The fraction of sp³-hybridized carbons (Fsp3) is 0.588. The summed E-state index contributed by atoms with van der Waals surface area (Å²) in [5.41, 5.74) is 0.884. The van der Waals surface area contributed by atoms with Crippen LogP contribution in [0, 0.1) is 0 Å². The molecule has 6 nitrogen and oxygen atoms in total. The average Bonchev–Trinajstić information content (AvgIpc) is 2.53. The number of nitrogens with zero attached hydrogens (tertiary/aromatic N) is 3. The zero-order chi connectivity index (χ0) is 17.2. The number of rotatable bonds is 9. The molecular weight excluding hydrogens is 292 g/mol. The quantitative estimate of drug-likeness (QED) is 0.751. The van der Waals surface area contributed by atoms with E-state index < -0.39 is 0 Å². The number of amides is 2. The van der Waals surface area contributed by atoms with Crippen LogP contribution in [0.15, 0.2) is 18.5 Å². The highest BCUT2D eigenvalue weighted by molar-refractivity contribution is 5.99. The van der Waals surface area contributed by atoms with Gasteiger partial charge in [0.1, 0.15) is 0 Å². The minimum atomic E-state index is -0.202. The van der Waals surface area contributed by atoms with Crippen molar-refractivity contribution < 1.29 is 9.59 Å². The molecule has 0 saturated heterocycles. The number of likely N-dealkylation sites (N-methyl/N-ethyl adjacent to an activating group) is 1. The second kappa shape index (κ2) is 9.94. The minimum absolute atomic E-state index is 0.0656. The number of hydrogen-bond acceptors (Lipinski definition) is 4. The maximum absolute atomic E-state index is 12.6. The summed E-state index contributed by atoms with van der Waals surface area (Å²) in [7, 11) is 3.89. The predicted octanol–water partition coefficient (Wildman–Crippen LogP) is 1.64. The van der Waals surface area contributed by atoms with Gasteiger partial charge in [0.15, 0.2) is 0 Å². The molecule has 0 radical (unpaired) electrons. The Morgan fingerprint density at radius 1 is 1.04 bits per heavy atom. The molecule has 0 atom stereocenters. The summed E-state index contributed by atoms with van der Waals surface area (Å²) < 4.78 is 0. The van der Waals surface area contributed by atoms with Gasteiger partial charge in [0, 0.05) is 38.6 Å². The molecule has 2 amide bonds. The summed E-state index contributed by atoms with van der Waals surface area (Å²) in [4.78, 5) is 32.5. The van der Waals surface area contributed by atoms with Crippen molar-refractivity contribution in [1.29, 1.82) is 0 Å². The van der Waals surface area contributed by atoms with Crippen molar-refractivity contribution in [2.75, 3.05) is 40.3 Å². The van der Waals surface area contributed by atoms with Crippen LogP contribution in [0.2, 0.25) is 0 Å². The van der Waals surface area contributed by atoms with Crippen molar-refractivity contribution in [1.82, 2.24) is 20.1 Å². The molecule has 0 aliphatic rings. The van der Waals surface area contributed by atoms with Gasteiger partial charge in [0.2, 0.25) is 0 Å². The normalized spacial score (nSPS) is 10.7. The number of nitrogens with one attached hydrogen (secondary N) is 1. The van der Waals surface area contributed by atoms with E-state index in [-0.39, 0.29) is 11.8 Å². The number of carbonyl (C=O) groups is 2. The van der Waals surface area contributed by atoms with Crippen LogP contribution in [0.25, 0.3) is 0 Å². The van der Waals surface area contributed by atoms with Crippen LogP contribution < -0.4 is 5.32 Å². The highest BCUT2D eigenvalue weighted by Crippen LogP contribution is 2.08. The molecule has 128 valence electrons. The third-order valence-corrected chi connectivity index (χ3v) is 3.37. The Morgan fingerprint density at radius 3 is 2.22 bits per heavy atom. The van der Waals surface area contributed by atoms with Gasteiger partial charge in [-0.3, -0.25) is 14.6 Å². The molecule has 6 heteroatoms.